The summed E-state index contributed by atoms with van der Waals surface area (Å²) in [5.74, 6) is -0.439. The number of carbonyl (C=O) groups excluding carboxylic acids is 1. The van der Waals surface area contributed by atoms with Crippen molar-refractivity contribution in [2.24, 2.45) is 0 Å². The zero-order valence-corrected chi connectivity index (χ0v) is 19.6. The summed E-state index contributed by atoms with van der Waals surface area (Å²) in [7, 11) is -3.79. The highest BCUT2D eigenvalue weighted by Crippen LogP contribution is 2.41. The Kier molecular flexibility index (Phi) is 5.07. The third-order valence-corrected chi connectivity index (χ3v) is 8.47. The van der Waals surface area contributed by atoms with E-state index in [-0.39, 0.29) is 23.3 Å². The molecule has 0 fully saturated rings. The minimum Gasteiger partial charge on any atom is -0.361 e. The molecule has 0 radical (unpaired) electrons. The number of aromatic nitrogens is 1. The molecule has 0 spiro atoms. The van der Waals surface area contributed by atoms with Gasteiger partial charge >= 0.3 is 0 Å². The van der Waals surface area contributed by atoms with E-state index in [1.54, 1.807) is 18.2 Å². The Morgan fingerprint density at radius 2 is 1.63 bits per heavy atom. The number of H-pyrrole nitrogens is 1. The molecule has 1 amide bonds. The van der Waals surface area contributed by atoms with Crippen molar-refractivity contribution in [3.8, 4) is 0 Å². The van der Waals surface area contributed by atoms with Gasteiger partial charge in [-0.1, -0.05) is 72.8 Å². The predicted molar refractivity (Wildman–Crippen MR) is 138 cm³/mol. The van der Waals surface area contributed by atoms with Gasteiger partial charge in [0.2, 0.25) is 5.91 Å². The van der Waals surface area contributed by atoms with E-state index in [4.69, 9.17) is 0 Å². The number of rotatable bonds is 6. The number of carbonyl (C=O) groups is 1. The van der Waals surface area contributed by atoms with Crippen LogP contribution in [0, 0.1) is 0 Å². The lowest BCUT2D eigenvalue weighted by atomic mass is 9.91. The number of hydrogen-bond donors (Lipinski definition) is 2. The summed E-state index contributed by atoms with van der Waals surface area (Å²) in [6, 6.07) is 28.7. The van der Waals surface area contributed by atoms with Crippen LogP contribution in [0.1, 0.15) is 17.0 Å². The van der Waals surface area contributed by atoms with Crippen molar-refractivity contribution >= 4 is 43.3 Å². The van der Waals surface area contributed by atoms with Gasteiger partial charge in [0.05, 0.1) is 10.6 Å². The summed E-state index contributed by atoms with van der Waals surface area (Å²) in [5.41, 5.74) is 3.73. The monoisotopic (exact) mass is 481 g/mol. The van der Waals surface area contributed by atoms with E-state index in [9.17, 15) is 13.2 Å². The van der Waals surface area contributed by atoms with Crippen LogP contribution >= 0.6 is 0 Å². The molecule has 5 aromatic rings. The molecule has 1 atom stereocenters. The van der Waals surface area contributed by atoms with Crippen molar-refractivity contribution in [1.29, 1.82) is 0 Å². The number of anilines is 1. The van der Waals surface area contributed by atoms with Gasteiger partial charge in [0, 0.05) is 34.9 Å². The number of nitrogens with zero attached hydrogens (tertiary/aromatic N) is 1. The van der Waals surface area contributed by atoms with Crippen LogP contribution in [-0.4, -0.2) is 32.4 Å². The maximum Gasteiger partial charge on any atom is 0.265 e. The van der Waals surface area contributed by atoms with Crippen LogP contribution in [0.2, 0.25) is 0 Å². The number of amides is 1. The summed E-state index contributed by atoms with van der Waals surface area (Å²) >= 11 is 0. The minimum atomic E-state index is -3.79. The molecule has 1 unspecified atom stereocenters. The molecule has 0 saturated carbocycles. The summed E-state index contributed by atoms with van der Waals surface area (Å²) in [6.45, 7) is 0.0707. The molecule has 7 heteroatoms. The lowest BCUT2D eigenvalue weighted by Crippen LogP contribution is -2.40. The van der Waals surface area contributed by atoms with Crippen molar-refractivity contribution in [3.05, 3.63) is 108 Å². The Hall–Kier alpha value is -4.10. The number of para-hydroxylation sites is 1. The summed E-state index contributed by atoms with van der Waals surface area (Å²) < 4.78 is 27.7. The smallest absolute Gasteiger partial charge is 0.265 e. The van der Waals surface area contributed by atoms with Gasteiger partial charge in [-0.15, -0.1) is 0 Å². The number of aromatic amines is 1. The van der Waals surface area contributed by atoms with Gasteiger partial charge < -0.3 is 10.3 Å². The number of benzene rings is 4. The fourth-order valence-electron chi connectivity index (χ4n) is 5.01. The Morgan fingerprint density at radius 3 is 2.46 bits per heavy atom. The summed E-state index contributed by atoms with van der Waals surface area (Å²) in [6.07, 6.45) is 1.98. The lowest BCUT2D eigenvalue weighted by molar-refractivity contribution is -0.119. The van der Waals surface area contributed by atoms with Crippen molar-refractivity contribution in [3.63, 3.8) is 0 Å². The molecular weight excluding hydrogens is 458 g/mol. The molecule has 6 nitrogen and oxygen atoms in total. The van der Waals surface area contributed by atoms with E-state index in [1.807, 2.05) is 72.9 Å². The van der Waals surface area contributed by atoms with Gasteiger partial charge in [0.1, 0.15) is 6.54 Å². The van der Waals surface area contributed by atoms with Gasteiger partial charge in [-0.05, 0) is 34.7 Å². The van der Waals surface area contributed by atoms with Gasteiger partial charge in [0.25, 0.3) is 10.0 Å². The standard InChI is InChI=1S/C28H23N3O3S/c32-27(18-31-25-14-6-10-20-11-7-15-26(28(20)25)35(31,33)34)30-16-22(19-8-2-1-3-9-19)23-17-29-24-13-5-4-12-21(23)24/h1-15,17,22,29H,16,18H2,(H,30,32). The van der Waals surface area contributed by atoms with Crippen LogP contribution in [0.4, 0.5) is 5.69 Å². The first-order valence-corrected chi connectivity index (χ1v) is 12.9. The molecular formula is C28H23N3O3S. The maximum atomic E-state index is 13.2. The van der Waals surface area contributed by atoms with E-state index in [1.165, 1.54) is 4.31 Å². The van der Waals surface area contributed by atoms with Gasteiger partial charge in [-0.3, -0.25) is 9.10 Å². The largest absolute Gasteiger partial charge is 0.361 e. The van der Waals surface area contributed by atoms with Crippen molar-refractivity contribution in [2.45, 2.75) is 10.8 Å². The Bertz CT molecular complexity index is 1670. The second-order valence-corrected chi connectivity index (χ2v) is 10.5. The molecule has 0 saturated heterocycles. The van der Waals surface area contributed by atoms with Gasteiger partial charge in [-0.2, -0.15) is 0 Å². The summed E-state index contributed by atoms with van der Waals surface area (Å²) in [4.78, 5) is 16.7. The van der Waals surface area contributed by atoms with E-state index in [0.29, 0.717) is 17.6 Å². The van der Waals surface area contributed by atoms with Crippen LogP contribution in [0.3, 0.4) is 0 Å². The van der Waals surface area contributed by atoms with E-state index in [0.717, 1.165) is 27.4 Å². The molecule has 4 aromatic carbocycles. The van der Waals surface area contributed by atoms with Crippen LogP contribution in [0.5, 0.6) is 0 Å². The fourth-order valence-corrected chi connectivity index (χ4v) is 6.67. The molecule has 1 aliphatic heterocycles. The van der Waals surface area contributed by atoms with Gasteiger partial charge in [-0.25, -0.2) is 8.42 Å². The Labute approximate surface area is 203 Å². The van der Waals surface area contributed by atoms with Crippen LogP contribution < -0.4 is 9.62 Å². The first-order chi connectivity index (χ1) is 17.0. The molecule has 6 rings (SSSR count). The highest BCUT2D eigenvalue weighted by atomic mass is 32.2. The second kappa shape index (κ2) is 8.29. The maximum absolute atomic E-state index is 13.2. The second-order valence-electron chi connectivity index (χ2n) is 8.70. The number of hydrogen-bond acceptors (Lipinski definition) is 3. The summed E-state index contributed by atoms with van der Waals surface area (Å²) in [5, 5.41) is 5.61. The number of sulfonamides is 1. The average Bonchev–Trinajstić information content (AvgIpc) is 3.39. The van der Waals surface area contributed by atoms with Crippen molar-refractivity contribution in [1.82, 2.24) is 10.3 Å². The highest BCUT2D eigenvalue weighted by Gasteiger charge is 2.36. The van der Waals surface area contributed by atoms with Crippen molar-refractivity contribution < 1.29 is 13.2 Å². The fraction of sp³-hybridized carbons (Fsp3) is 0.107. The van der Waals surface area contributed by atoms with Crippen LogP contribution in [0.25, 0.3) is 21.7 Å². The quantitative estimate of drug-likeness (QED) is 0.366. The SMILES string of the molecule is O=C(CN1c2cccc3cccc(c23)S1(=O)=O)NCC(c1ccccc1)c1c[nH]c2ccccc12. The molecule has 0 bridgehead atoms. The molecule has 1 aliphatic rings. The molecule has 2 heterocycles. The third kappa shape index (κ3) is 3.56. The van der Waals surface area contributed by atoms with Gasteiger partial charge in [0.15, 0.2) is 0 Å². The molecule has 35 heavy (non-hydrogen) atoms. The van der Waals surface area contributed by atoms with E-state index in [2.05, 4.69) is 16.4 Å². The molecule has 0 aliphatic carbocycles. The molecule has 2 N–H and O–H groups in total. The van der Waals surface area contributed by atoms with E-state index < -0.39 is 10.0 Å². The molecule has 174 valence electrons. The first-order valence-electron chi connectivity index (χ1n) is 11.5. The Morgan fingerprint density at radius 1 is 0.886 bits per heavy atom. The third-order valence-electron chi connectivity index (χ3n) is 6.67. The minimum absolute atomic E-state index is 0.0906. The average molecular weight is 482 g/mol. The first kappa shape index (κ1) is 21.4. The normalized spacial score (nSPS) is 14.9. The zero-order valence-electron chi connectivity index (χ0n) is 18.8. The van der Waals surface area contributed by atoms with Crippen LogP contribution in [-0.2, 0) is 14.8 Å². The lowest BCUT2D eigenvalue weighted by Gasteiger charge is -2.21. The zero-order chi connectivity index (χ0) is 24.0. The Balaban J connectivity index is 1.27. The number of nitrogens with one attached hydrogen (secondary N) is 2. The topological polar surface area (TPSA) is 82.3 Å². The van der Waals surface area contributed by atoms with Crippen LogP contribution in [0.15, 0.2) is 102 Å². The predicted octanol–water partition coefficient (Wildman–Crippen LogP) is 4.78. The highest BCUT2D eigenvalue weighted by molar-refractivity contribution is 7.93. The van der Waals surface area contributed by atoms with E-state index >= 15 is 0 Å². The van der Waals surface area contributed by atoms with Crippen molar-refractivity contribution in [2.75, 3.05) is 17.4 Å². The number of fused-ring (bicyclic) bond motifs is 1. The molecule has 1 aromatic heterocycles.